The van der Waals surface area contributed by atoms with Crippen LogP contribution in [0.15, 0.2) is 18.2 Å². The van der Waals surface area contributed by atoms with Gasteiger partial charge in [-0.2, -0.15) is 22.5 Å². The van der Waals surface area contributed by atoms with Crippen LogP contribution in [0, 0.1) is 24.5 Å². The highest BCUT2D eigenvalue weighted by Gasteiger charge is 2.46. The van der Waals surface area contributed by atoms with Crippen molar-refractivity contribution in [3.63, 3.8) is 0 Å². The first kappa shape index (κ1) is 22.9. The van der Waals surface area contributed by atoms with Crippen LogP contribution < -0.4 is 10.2 Å². The van der Waals surface area contributed by atoms with E-state index in [-0.39, 0.29) is 30.5 Å². The quantitative estimate of drug-likeness (QED) is 0.533. The number of aromatic nitrogens is 5. The molecule has 13 heteroatoms. The minimum Gasteiger partial charge on any atom is -0.350 e. The van der Waals surface area contributed by atoms with Crippen molar-refractivity contribution in [3.8, 4) is 0 Å². The van der Waals surface area contributed by atoms with Crippen LogP contribution in [0.4, 0.5) is 33.0 Å². The molecule has 2 aliphatic heterocycles. The summed E-state index contributed by atoms with van der Waals surface area (Å²) in [6, 6.07) is 3.22. The first-order valence-corrected chi connectivity index (χ1v) is 11.7. The molecular formula is C21H22F5N7S. The van der Waals surface area contributed by atoms with Gasteiger partial charge in [0.15, 0.2) is 11.6 Å². The molecule has 1 N–H and O–H groups in total. The van der Waals surface area contributed by atoms with E-state index in [1.54, 1.807) is 0 Å². The van der Waals surface area contributed by atoms with Gasteiger partial charge in [0.05, 0.1) is 12.5 Å². The number of halogens is 5. The third-order valence-corrected chi connectivity index (χ3v) is 7.22. The van der Waals surface area contributed by atoms with E-state index in [2.05, 4.69) is 29.7 Å². The zero-order chi connectivity index (χ0) is 24.0. The van der Waals surface area contributed by atoms with Crippen molar-refractivity contribution in [2.75, 3.05) is 23.3 Å². The number of hydrogen-bond donors (Lipinski definition) is 1. The van der Waals surface area contributed by atoms with Gasteiger partial charge in [-0.05, 0) is 43.9 Å². The number of aryl methyl sites for hydroxylation is 1. The van der Waals surface area contributed by atoms with Gasteiger partial charge < -0.3 is 10.2 Å². The molecule has 4 heterocycles. The number of piperidine rings is 1. The molecule has 34 heavy (non-hydrogen) atoms. The predicted octanol–water partition coefficient (Wildman–Crippen LogP) is 4.51. The van der Waals surface area contributed by atoms with Gasteiger partial charge in [-0.15, -0.1) is 5.10 Å². The predicted molar refractivity (Wildman–Crippen MR) is 116 cm³/mol. The molecule has 0 bridgehead atoms. The Hall–Kier alpha value is -2.83. The molecule has 182 valence electrons. The number of anilines is 2. The molecular weight excluding hydrogens is 477 g/mol. The van der Waals surface area contributed by atoms with E-state index in [1.165, 1.54) is 22.3 Å². The van der Waals surface area contributed by atoms with E-state index >= 15 is 0 Å². The van der Waals surface area contributed by atoms with Crippen molar-refractivity contribution >= 4 is 22.6 Å². The summed E-state index contributed by atoms with van der Waals surface area (Å²) >= 11 is 1.36. The van der Waals surface area contributed by atoms with Crippen LogP contribution in [-0.2, 0) is 6.54 Å². The van der Waals surface area contributed by atoms with Gasteiger partial charge in [-0.1, -0.05) is 6.07 Å². The Morgan fingerprint density at radius 3 is 2.50 bits per heavy atom. The van der Waals surface area contributed by atoms with Gasteiger partial charge in [0.25, 0.3) is 0 Å². The second-order valence-corrected chi connectivity index (χ2v) is 9.44. The van der Waals surface area contributed by atoms with Gasteiger partial charge in [-0.25, -0.2) is 18.4 Å². The Morgan fingerprint density at radius 1 is 1.09 bits per heavy atom. The SMILES string of the molecule is Cc1nsc(N2CCC(Nc3nc4n(n3)CC(C(F)(F)F)CC4c3ccc(F)c(F)c3)CC2)n1. The lowest BCUT2D eigenvalue weighted by Gasteiger charge is -2.31. The number of benzene rings is 1. The fourth-order valence-corrected chi connectivity index (χ4v) is 5.27. The molecule has 5 rings (SSSR count). The van der Waals surface area contributed by atoms with Crippen LogP contribution >= 0.6 is 11.5 Å². The monoisotopic (exact) mass is 499 g/mol. The molecule has 1 fully saturated rings. The van der Waals surface area contributed by atoms with Crippen molar-refractivity contribution in [2.24, 2.45) is 5.92 Å². The number of nitrogens with zero attached hydrogens (tertiary/aromatic N) is 6. The highest BCUT2D eigenvalue weighted by molar-refractivity contribution is 7.09. The molecule has 2 unspecified atom stereocenters. The fourth-order valence-electron chi connectivity index (χ4n) is 4.54. The van der Waals surface area contributed by atoms with Crippen LogP contribution in [0.25, 0.3) is 0 Å². The summed E-state index contributed by atoms with van der Waals surface area (Å²) in [7, 11) is 0. The molecule has 2 atom stereocenters. The second kappa shape index (κ2) is 8.75. The molecule has 0 radical (unpaired) electrons. The lowest BCUT2D eigenvalue weighted by molar-refractivity contribution is -0.184. The molecule has 0 saturated carbocycles. The second-order valence-electron chi connectivity index (χ2n) is 8.71. The number of alkyl halides is 3. The third-order valence-electron chi connectivity index (χ3n) is 6.35. The number of nitrogens with one attached hydrogen (secondary N) is 1. The normalized spacial score (nSPS) is 21.5. The molecule has 0 amide bonds. The lowest BCUT2D eigenvalue weighted by atomic mass is 9.85. The Balaban J connectivity index is 1.34. The third kappa shape index (κ3) is 4.57. The topological polar surface area (TPSA) is 71.8 Å². The highest BCUT2D eigenvalue weighted by atomic mass is 32.1. The lowest BCUT2D eigenvalue weighted by Crippen LogP contribution is -2.39. The standard InChI is InChI=1S/C21H22F5N7S/c1-11-27-20(34-31-11)32-6-4-14(5-7-32)28-19-29-18-15(12-2-3-16(22)17(23)8-12)9-13(21(24,25)26)10-33(18)30-19/h2-3,8,13-15H,4-7,9-10H2,1H3,(H,28,30). The van der Waals surface area contributed by atoms with Crippen LogP contribution in [-0.4, -0.2) is 49.4 Å². The zero-order valence-electron chi connectivity index (χ0n) is 18.2. The molecule has 1 saturated heterocycles. The summed E-state index contributed by atoms with van der Waals surface area (Å²) in [5.74, 6) is -3.36. The van der Waals surface area contributed by atoms with Crippen LogP contribution in [0.1, 0.15) is 42.4 Å². The maximum absolute atomic E-state index is 13.8. The number of rotatable bonds is 4. The summed E-state index contributed by atoms with van der Waals surface area (Å²) in [4.78, 5) is 11.0. The number of hydrogen-bond acceptors (Lipinski definition) is 7. The van der Waals surface area contributed by atoms with E-state index in [0.717, 1.165) is 49.0 Å². The number of fused-ring (bicyclic) bond motifs is 1. The average molecular weight is 500 g/mol. The van der Waals surface area contributed by atoms with Crippen molar-refractivity contribution in [1.29, 1.82) is 0 Å². The smallest absolute Gasteiger partial charge is 0.350 e. The van der Waals surface area contributed by atoms with Crippen LogP contribution in [0.3, 0.4) is 0 Å². The molecule has 7 nitrogen and oxygen atoms in total. The highest BCUT2D eigenvalue weighted by Crippen LogP contribution is 2.42. The van der Waals surface area contributed by atoms with Gasteiger partial charge >= 0.3 is 6.18 Å². The average Bonchev–Trinajstić information content (AvgIpc) is 3.40. The van der Waals surface area contributed by atoms with Gasteiger partial charge in [-0.3, -0.25) is 0 Å². The maximum Gasteiger partial charge on any atom is 0.393 e. The van der Waals surface area contributed by atoms with Crippen LogP contribution in [0.5, 0.6) is 0 Å². The molecule has 2 aromatic heterocycles. The van der Waals surface area contributed by atoms with E-state index < -0.39 is 29.6 Å². The van der Waals surface area contributed by atoms with E-state index in [4.69, 9.17) is 0 Å². The van der Waals surface area contributed by atoms with Crippen molar-refractivity contribution in [3.05, 3.63) is 47.0 Å². The minimum absolute atomic E-state index is 0.0508. The Kier molecular flexibility index (Phi) is 5.90. The molecule has 2 aliphatic rings. The summed E-state index contributed by atoms with van der Waals surface area (Å²) in [5, 5.41) is 8.42. The molecule has 1 aromatic carbocycles. The van der Waals surface area contributed by atoms with E-state index in [1.807, 2.05) is 6.92 Å². The summed E-state index contributed by atoms with van der Waals surface area (Å²) in [6.07, 6.45) is -3.18. The van der Waals surface area contributed by atoms with Gasteiger partial charge in [0, 0.05) is 36.6 Å². The van der Waals surface area contributed by atoms with Crippen molar-refractivity contribution in [1.82, 2.24) is 24.1 Å². The Morgan fingerprint density at radius 2 is 1.85 bits per heavy atom. The largest absolute Gasteiger partial charge is 0.393 e. The van der Waals surface area contributed by atoms with E-state index in [0.29, 0.717) is 5.82 Å². The molecule has 3 aromatic rings. The zero-order valence-corrected chi connectivity index (χ0v) is 19.0. The first-order valence-electron chi connectivity index (χ1n) is 11.0. The van der Waals surface area contributed by atoms with Gasteiger partial charge in [0.2, 0.25) is 11.1 Å². The van der Waals surface area contributed by atoms with E-state index in [9.17, 15) is 22.0 Å². The summed E-state index contributed by atoms with van der Waals surface area (Å²) in [5.41, 5.74) is 0.244. The Bertz CT molecular complexity index is 1170. The summed E-state index contributed by atoms with van der Waals surface area (Å²) in [6.45, 7) is 3.00. The molecule has 0 aliphatic carbocycles. The minimum atomic E-state index is -4.44. The molecule has 0 spiro atoms. The Labute approximate surface area is 196 Å². The van der Waals surface area contributed by atoms with Crippen LogP contribution in [0.2, 0.25) is 0 Å². The van der Waals surface area contributed by atoms with Crippen molar-refractivity contribution in [2.45, 2.75) is 50.9 Å². The summed E-state index contributed by atoms with van der Waals surface area (Å²) < 4.78 is 73.5. The first-order chi connectivity index (χ1) is 16.2. The van der Waals surface area contributed by atoms with Crippen molar-refractivity contribution < 1.29 is 22.0 Å². The maximum atomic E-state index is 13.8. The van der Waals surface area contributed by atoms with Gasteiger partial charge in [0.1, 0.15) is 11.6 Å². The fraction of sp³-hybridized carbons (Fsp3) is 0.524.